The molecule has 18 nitrogen and oxygen atoms in total. The Balaban J connectivity index is 0.000000623. The molecule has 0 aromatic heterocycles. The Hall–Kier alpha value is -4.85. The summed E-state index contributed by atoms with van der Waals surface area (Å²) in [5.74, 6) is 7.51. The van der Waals surface area contributed by atoms with Gasteiger partial charge >= 0.3 is 26.1 Å². The number of rotatable bonds is 16. The van der Waals surface area contributed by atoms with Crippen molar-refractivity contribution in [1.29, 1.82) is 15.8 Å². The van der Waals surface area contributed by atoms with Crippen LogP contribution in [-0.4, -0.2) is 105 Å². The van der Waals surface area contributed by atoms with E-state index in [-0.39, 0.29) is 24.0 Å². The first-order valence-corrected chi connectivity index (χ1v) is 46.7. The number of nitrogens with two attached hydrogens (primary N) is 3. The van der Waals surface area contributed by atoms with Crippen LogP contribution in [0.4, 0.5) is 0 Å². The second-order valence-electron chi connectivity index (χ2n) is 32.4. The molecule has 7 fully saturated rings. The van der Waals surface area contributed by atoms with Crippen molar-refractivity contribution in [3.63, 3.8) is 0 Å². The number of aldehydes is 1. The molecule has 10 N–H and O–H groups in total. The lowest BCUT2D eigenvalue weighted by atomic mass is 9.79. The highest BCUT2D eigenvalue weighted by Gasteiger charge is 2.31. The first kappa shape index (κ1) is 102. The van der Waals surface area contributed by atoms with Gasteiger partial charge in [0.05, 0.1) is 45.9 Å². The number of carbonyl (C=O) groups is 3. The van der Waals surface area contributed by atoms with E-state index in [4.69, 9.17) is 42.4 Å². The van der Waals surface area contributed by atoms with Crippen molar-refractivity contribution < 1.29 is 47.1 Å². The lowest BCUT2D eigenvalue weighted by Crippen LogP contribution is -2.40. The average molecular weight is 1590 g/mol. The van der Waals surface area contributed by atoms with Gasteiger partial charge in [-0.25, -0.2) is 27.7 Å². The van der Waals surface area contributed by atoms with Crippen LogP contribution in [0.25, 0.3) is 0 Å². The maximum Gasteiger partial charge on any atom is 0.421 e. The fourth-order valence-corrected chi connectivity index (χ4v) is 17.4. The Morgan fingerprint density at radius 3 is 1.22 bits per heavy atom. The number of nitrogens with one attached hydrogen (secondary N) is 1. The summed E-state index contributed by atoms with van der Waals surface area (Å²) in [5.41, 5.74) is 14.9. The molecule has 109 heavy (non-hydrogen) atoms. The van der Waals surface area contributed by atoms with Crippen LogP contribution in [0.5, 0.6) is 0 Å². The van der Waals surface area contributed by atoms with E-state index in [1.165, 1.54) is 115 Å². The summed E-state index contributed by atoms with van der Waals surface area (Å²) in [7, 11) is -1.48. The van der Waals surface area contributed by atoms with Crippen LogP contribution in [0.2, 0.25) is 10.6 Å². The summed E-state index contributed by atoms with van der Waals surface area (Å²) in [4.78, 5) is 36.4. The zero-order valence-electron chi connectivity index (χ0n) is 69.3. The number of hydrogen-bond acceptors (Lipinski definition) is 14. The van der Waals surface area contributed by atoms with Gasteiger partial charge in [-0.05, 0) is 231 Å². The van der Waals surface area contributed by atoms with Crippen LogP contribution < -0.4 is 21.3 Å². The van der Waals surface area contributed by atoms with Gasteiger partial charge in [0.1, 0.15) is 40.3 Å². The zero-order valence-corrected chi connectivity index (χ0v) is 72.9. The number of carboxylic acid groups (broad SMARTS) is 1. The van der Waals surface area contributed by atoms with Gasteiger partial charge in [-0.15, -0.1) is 0 Å². The number of aliphatic hydroxyl groups excluding tert-OH is 2. The molecule has 3 aromatic carbocycles. The molecule has 10 rings (SSSR count). The van der Waals surface area contributed by atoms with E-state index in [2.05, 4.69) is 93.2 Å². The molecule has 0 saturated heterocycles. The number of esters is 1. The summed E-state index contributed by atoms with van der Waals surface area (Å²) in [6, 6.07) is 26.1. The van der Waals surface area contributed by atoms with Crippen LogP contribution in [0.1, 0.15) is 259 Å². The van der Waals surface area contributed by atoms with Gasteiger partial charge in [0.25, 0.3) is 0 Å². The molecule has 0 amide bonds. The lowest BCUT2D eigenvalue weighted by Gasteiger charge is -2.29. The third-order valence-corrected chi connectivity index (χ3v) is 28.2. The molecule has 3 aromatic rings. The van der Waals surface area contributed by atoms with E-state index >= 15 is 0 Å². The minimum atomic E-state index is -1.34. The van der Waals surface area contributed by atoms with Gasteiger partial charge in [-0.2, -0.15) is 14.9 Å². The van der Waals surface area contributed by atoms with Crippen LogP contribution in [0, 0.1) is 136 Å². The molecule has 22 heteroatoms. The molecule has 0 aliphatic heterocycles. The Labute approximate surface area is 672 Å². The van der Waals surface area contributed by atoms with Crippen molar-refractivity contribution in [2.75, 3.05) is 20.8 Å². The summed E-state index contributed by atoms with van der Waals surface area (Å²) < 4.78 is 46.7. The van der Waals surface area contributed by atoms with Gasteiger partial charge < -0.3 is 36.3 Å². The minimum Gasteiger partial charge on any atom is -0.481 e. The first-order valence-electron chi connectivity index (χ1n) is 41.0. The number of nitriles is 3. The predicted octanol–water partition coefficient (Wildman–Crippen LogP) is 18.1. The fourth-order valence-electron chi connectivity index (χ4n) is 14.3. The predicted molar refractivity (Wildman–Crippen MR) is 451 cm³/mol. The van der Waals surface area contributed by atoms with Gasteiger partial charge in [-0.3, -0.25) is 9.59 Å². The monoisotopic (exact) mass is 1590 g/mol. The van der Waals surface area contributed by atoms with E-state index in [1.807, 2.05) is 87.6 Å². The van der Waals surface area contributed by atoms with Crippen molar-refractivity contribution in [1.82, 2.24) is 4.72 Å². The van der Waals surface area contributed by atoms with Crippen molar-refractivity contribution in [3.05, 3.63) is 89.5 Å². The maximum atomic E-state index is 12.3. The third-order valence-electron chi connectivity index (χ3n) is 23.0. The van der Waals surface area contributed by atoms with Crippen molar-refractivity contribution in [3.8, 4) is 17.1 Å². The minimum absolute atomic E-state index is 0.0452. The van der Waals surface area contributed by atoms with Crippen LogP contribution >= 0.6 is 0 Å². The standard InChI is InChI=1S/C16H22N2OS.C15H21NOS.C10H19NO2.C9H16N2.C8H14O2.C8H16O.C8H14O.C7H9NOS.2C2H5.CN.CH4O.Al/c1-12-3-7-14(8-4-12)16(11-17)18-20(19)15-9-5-13(2)6-10-15;1-12-3-7-14(8-4-12)11-16-18(17)15-9-5-13(2)6-10-15;1-7-3-5-8(6-4-7)9(11)10(12)13-2;1-7-2-4-8(5-3-7)9(11)6-10;1-6-2-4-7(5-3-6)8(9)10;2*1-7-2-4-8(6-9)5-3-7;1-6-2-4-7(5-3-6)10(8)9;4*1-2;/h5-6,9-10,12,14,16,18H,3-4,7-8H2,1-2H3;5-6,9-12,14H,3-4,7-8H2,1-2H3;7-9H,3-6,11H2,1-2H3;7-9H,2-5,11H2,1H3;6-7H,2-5H2,1H3,(H,9,10);7-9H,2-6H2,1H3;6-8H,2-5H2,1H3;2-5H,8H2,1H3;2*1H2,2H3;;2H,1H3;. The zero-order chi connectivity index (χ0) is 81.8. The smallest absolute Gasteiger partial charge is 0.421 e. The number of carboxylic acids is 1. The lowest BCUT2D eigenvalue weighted by molar-refractivity contribution is -0.144. The normalized spacial score (nSPS) is 27.0. The second-order valence-corrected chi connectivity index (χ2v) is 39.2. The number of hydrogen-bond donors (Lipinski definition) is 7. The molecule has 7 aliphatic carbocycles. The third kappa shape index (κ3) is 45.6. The Morgan fingerprint density at radius 2 is 0.890 bits per heavy atom. The van der Waals surface area contributed by atoms with Crippen molar-refractivity contribution >= 4 is 71.5 Å². The van der Waals surface area contributed by atoms with E-state index in [9.17, 15) is 32.3 Å². The second kappa shape index (κ2) is 60.7. The number of ether oxygens (including phenoxy) is 1. The van der Waals surface area contributed by atoms with E-state index < -0.39 is 59.1 Å². The number of aliphatic carboxylic acids is 1. The number of aliphatic hydroxyl groups is 2. The van der Waals surface area contributed by atoms with Crippen LogP contribution in [0.15, 0.2) is 91.9 Å². The summed E-state index contributed by atoms with van der Waals surface area (Å²) >= 11 is -0.866. The molecule has 6 unspecified atom stereocenters. The number of nitrogens with zero attached hydrogens (tertiary/aromatic N) is 4. The summed E-state index contributed by atoms with van der Waals surface area (Å²) in [6.07, 6.45) is 35.6. The maximum absolute atomic E-state index is 12.3. The number of aryl methyl sites for hydroxylation is 3. The molecule has 0 heterocycles. The van der Waals surface area contributed by atoms with E-state index in [0.29, 0.717) is 47.0 Å². The number of methoxy groups -OCH3 is 1. The summed E-state index contributed by atoms with van der Waals surface area (Å²) in [5, 5.41) is 58.1. The SMILES string of the molecule is CC1CCC(C(=O)O)CC1.CC1CCC(C(N)C#N)CC1.CC1CCC(C=O)CC1.CC1CCC(CO)CC1.CO.COC(=O)C(N)C1CCC(C)CC1.C[CH2][Al]([C]#N)[CH2]C.Cc1ccc(S(=O)N=CC2CCC(C)CC2)cc1.Cc1ccc(S(=O)NC(C#N)C2CCC(C)CC2)cc1.Cc1ccc(S(N)=O)cc1. The van der Waals surface area contributed by atoms with Crippen LogP contribution in [-0.2, 0) is 52.1 Å². The van der Waals surface area contributed by atoms with Crippen LogP contribution in [0.3, 0.4) is 0 Å². The highest BCUT2D eigenvalue weighted by molar-refractivity contribution is 7.84. The van der Waals surface area contributed by atoms with Crippen molar-refractivity contribution in [2.24, 2.45) is 104 Å². The Kier molecular flexibility index (Phi) is 56.9. The largest absolute Gasteiger partial charge is 0.481 e. The summed E-state index contributed by atoms with van der Waals surface area (Å²) in [6.45, 7) is 26.5. The molecule has 0 spiro atoms. The first-order chi connectivity index (χ1) is 52.0. The number of benzene rings is 3. The molecule has 614 valence electrons. The van der Waals surface area contributed by atoms with Gasteiger partial charge in [0, 0.05) is 25.8 Å². The molecule has 0 radical (unpaired) electrons. The van der Waals surface area contributed by atoms with Gasteiger partial charge in [-0.1, -0.05) is 208 Å². The van der Waals surface area contributed by atoms with E-state index in [0.717, 1.165) is 163 Å². The topological polar surface area (TPSA) is 346 Å². The molecule has 6 atom stereocenters. The molecule has 0 bridgehead atoms. The quantitative estimate of drug-likeness (QED) is 0.0303. The highest BCUT2D eigenvalue weighted by atomic mass is 32.2. The fraction of sp³-hybridized carbons (Fsp3) is 0.713. The van der Waals surface area contributed by atoms with Gasteiger partial charge in [0.15, 0.2) is 11.0 Å². The Morgan fingerprint density at radius 1 is 0.541 bits per heavy atom. The molecule has 7 aliphatic rings. The Bertz CT molecular complexity index is 3110. The highest BCUT2D eigenvalue weighted by Crippen LogP contribution is 2.34. The number of carbonyl (C=O) groups excluding carboxylic acids is 2. The van der Waals surface area contributed by atoms with E-state index in [1.54, 1.807) is 12.1 Å². The van der Waals surface area contributed by atoms with Gasteiger partial charge in [0.2, 0.25) is 0 Å². The molecular weight excluding hydrogens is 1440 g/mol. The average Bonchev–Trinajstić information content (AvgIpc) is 0.950. The molecule has 7 saturated carbocycles. The van der Waals surface area contributed by atoms with Crippen molar-refractivity contribution in [2.45, 2.75) is 306 Å². The molecular formula is C87H145AlN8O10S3.